The number of fused-ring (bicyclic) bond motifs is 2. The molecular formula is C26H19ClN2O2. The summed E-state index contributed by atoms with van der Waals surface area (Å²) < 4.78 is 5.93. The monoisotopic (exact) mass is 426 g/mol. The van der Waals surface area contributed by atoms with Crippen LogP contribution in [0.2, 0.25) is 5.02 Å². The molecule has 1 heterocycles. The van der Waals surface area contributed by atoms with Crippen LogP contribution in [0, 0.1) is 0 Å². The quantitative estimate of drug-likeness (QED) is 0.333. The van der Waals surface area contributed by atoms with Crippen LogP contribution in [0.5, 0.6) is 0 Å². The van der Waals surface area contributed by atoms with E-state index in [1.54, 1.807) is 6.07 Å². The van der Waals surface area contributed by atoms with E-state index < -0.39 is 0 Å². The Labute approximate surface area is 184 Å². The first-order valence-corrected chi connectivity index (χ1v) is 10.5. The molecule has 0 spiro atoms. The Morgan fingerprint density at radius 1 is 0.968 bits per heavy atom. The zero-order valence-corrected chi connectivity index (χ0v) is 17.6. The highest BCUT2D eigenvalue weighted by molar-refractivity contribution is 6.36. The number of benzene rings is 4. The molecule has 0 saturated heterocycles. The summed E-state index contributed by atoms with van der Waals surface area (Å²) in [5, 5.41) is 5.27. The standard InChI is InChI=1S/C26H19ClN2O2/c1-2-16-12-13-24-23(14-16)29-26(31-24)17-6-3-7-18(15-17)28-25(30)21-10-4-9-20-19(21)8-5-11-22(20)27/h3-15H,2H2,1H3,(H,28,30). The van der Waals surface area contributed by atoms with Crippen LogP contribution in [-0.4, -0.2) is 10.9 Å². The van der Waals surface area contributed by atoms with E-state index in [9.17, 15) is 4.79 Å². The second kappa shape index (κ2) is 7.89. The lowest BCUT2D eigenvalue weighted by atomic mass is 10.0. The van der Waals surface area contributed by atoms with Gasteiger partial charge in [0.15, 0.2) is 5.58 Å². The molecule has 0 unspecified atom stereocenters. The minimum Gasteiger partial charge on any atom is -0.436 e. The average Bonchev–Trinajstić information content (AvgIpc) is 3.22. The smallest absolute Gasteiger partial charge is 0.256 e. The van der Waals surface area contributed by atoms with Crippen molar-refractivity contribution >= 4 is 45.1 Å². The fourth-order valence-corrected chi connectivity index (χ4v) is 3.95. The average molecular weight is 427 g/mol. The zero-order chi connectivity index (χ0) is 21.4. The summed E-state index contributed by atoms with van der Waals surface area (Å²) in [7, 11) is 0. The van der Waals surface area contributed by atoms with E-state index in [1.165, 1.54) is 5.56 Å². The molecule has 5 aromatic rings. The van der Waals surface area contributed by atoms with Gasteiger partial charge in [-0.15, -0.1) is 0 Å². The summed E-state index contributed by atoms with van der Waals surface area (Å²) in [6.45, 7) is 2.11. The lowest BCUT2D eigenvalue weighted by Gasteiger charge is -2.09. The maximum absolute atomic E-state index is 13.0. The number of aryl methyl sites for hydroxylation is 1. The first kappa shape index (κ1) is 19.3. The molecule has 0 bridgehead atoms. The van der Waals surface area contributed by atoms with Gasteiger partial charge in [-0.25, -0.2) is 4.98 Å². The maximum Gasteiger partial charge on any atom is 0.256 e. The summed E-state index contributed by atoms with van der Waals surface area (Å²) in [6.07, 6.45) is 0.943. The predicted octanol–water partition coefficient (Wildman–Crippen LogP) is 7.12. The molecule has 0 aliphatic heterocycles. The molecule has 0 aliphatic carbocycles. The molecule has 5 rings (SSSR count). The number of amides is 1. The normalized spacial score (nSPS) is 11.2. The maximum atomic E-state index is 13.0. The van der Waals surface area contributed by atoms with Gasteiger partial charge in [0.25, 0.3) is 5.91 Å². The number of aromatic nitrogens is 1. The SMILES string of the molecule is CCc1ccc2oc(-c3cccc(NC(=O)c4cccc5c(Cl)cccc45)c3)nc2c1. The molecule has 1 aromatic heterocycles. The predicted molar refractivity (Wildman–Crippen MR) is 126 cm³/mol. The Kier molecular flexibility index (Phi) is 4.92. The molecule has 4 aromatic carbocycles. The van der Waals surface area contributed by atoms with Crippen LogP contribution in [0.4, 0.5) is 5.69 Å². The van der Waals surface area contributed by atoms with Gasteiger partial charge in [-0.3, -0.25) is 4.79 Å². The Bertz CT molecular complexity index is 1440. The Hall–Kier alpha value is -3.63. The van der Waals surface area contributed by atoms with Crippen LogP contribution in [0.3, 0.4) is 0 Å². The number of hydrogen-bond acceptors (Lipinski definition) is 3. The fourth-order valence-electron chi connectivity index (χ4n) is 3.71. The molecule has 0 atom stereocenters. The minimum atomic E-state index is -0.199. The van der Waals surface area contributed by atoms with E-state index in [0.717, 1.165) is 33.9 Å². The van der Waals surface area contributed by atoms with Crippen molar-refractivity contribution < 1.29 is 9.21 Å². The summed E-state index contributed by atoms with van der Waals surface area (Å²) in [5.74, 6) is 0.325. The van der Waals surface area contributed by atoms with Crippen LogP contribution < -0.4 is 5.32 Å². The number of hydrogen-bond donors (Lipinski definition) is 1. The molecule has 0 radical (unpaired) electrons. The van der Waals surface area contributed by atoms with Crippen LogP contribution in [0.1, 0.15) is 22.8 Å². The molecule has 0 aliphatic rings. The lowest BCUT2D eigenvalue weighted by molar-refractivity contribution is 0.102. The van der Waals surface area contributed by atoms with Crippen molar-refractivity contribution in [1.82, 2.24) is 4.98 Å². The van der Waals surface area contributed by atoms with Crippen molar-refractivity contribution in [3.05, 3.63) is 95.0 Å². The highest BCUT2D eigenvalue weighted by Crippen LogP contribution is 2.29. The lowest BCUT2D eigenvalue weighted by Crippen LogP contribution is -2.12. The van der Waals surface area contributed by atoms with E-state index in [0.29, 0.717) is 22.2 Å². The molecular weight excluding hydrogens is 408 g/mol. The molecule has 152 valence electrons. The second-order valence-electron chi connectivity index (χ2n) is 7.35. The number of halogens is 1. The summed E-state index contributed by atoms with van der Waals surface area (Å²) >= 11 is 6.29. The molecule has 0 fully saturated rings. The number of rotatable bonds is 4. The number of oxazole rings is 1. The second-order valence-corrected chi connectivity index (χ2v) is 7.76. The molecule has 1 N–H and O–H groups in total. The topological polar surface area (TPSA) is 55.1 Å². The van der Waals surface area contributed by atoms with Crippen LogP contribution in [0.25, 0.3) is 33.3 Å². The van der Waals surface area contributed by atoms with Gasteiger partial charge in [-0.2, -0.15) is 0 Å². The van der Waals surface area contributed by atoms with Gasteiger partial charge >= 0.3 is 0 Å². The molecule has 31 heavy (non-hydrogen) atoms. The number of anilines is 1. The van der Waals surface area contributed by atoms with Gasteiger partial charge in [0.05, 0.1) is 0 Å². The molecule has 1 amide bonds. The highest BCUT2D eigenvalue weighted by Gasteiger charge is 2.13. The van der Waals surface area contributed by atoms with Crippen molar-refractivity contribution in [1.29, 1.82) is 0 Å². The van der Waals surface area contributed by atoms with Crippen molar-refractivity contribution in [2.75, 3.05) is 5.32 Å². The van der Waals surface area contributed by atoms with E-state index in [2.05, 4.69) is 17.2 Å². The fraction of sp³-hybridized carbons (Fsp3) is 0.0769. The van der Waals surface area contributed by atoms with Crippen LogP contribution in [-0.2, 0) is 6.42 Å². The summed E-state index contributed by atoms with van der Waals surface area (Å²) in [4.78, 5) is 17.6. The van der Waals surface area contributed by atoms with Gasteiger partial charge in [-0.05, 0) is 59.8 Å². The van der Waals surface area contributed by atoms with Gasteiger partial charge in [-0.1, -0.05) is 54.9 Å². The minimum absolute atomic E-state index is 0.199. The van der Waals surface area contributed by atoms with E-state index in [4.69, 9.17) is 16.0 Å². The Balaban J connectivity index is 1.46. The van der Waals surface area contributed by atoms with Gasteiger partial charge < -0.3 is 9.73 Å². The van der Waals surface area contributed by atoms with Crippen molar-refractivity contribution in [2.24, 2.45) is 0 Å². The van der Waals surface area contributed by atoms with Gasteiger partial charge in [0.1, 0.15) is 5.52 Å². The largest absolute Gasteiger partial charge is 0.436 e. The number of carbonyl (C=O) groups is 1. The van der Waals surface area contributed by atoms with Crippen molar-refractivity contribution in [2.45, 2.75) is 13.3 Å². The summed E-state index contributed by atoms with van der Waals surface area (Å²) in [6, 6.07) is 24.6. The first-order valence-electron chi connectivity index (χ1n) is 10.1. The van der Waals surface area contributed by atoms with E-state index in [-0.39, 0.29) is 5.91 Å². The molecule has 0 saturated carbocycles. The van der Waals surface area contributed by atoms with E-state index in [1.807, 2.05) is 72.8 Å². The van der Waals surface area contributed by atoms with Crippen LogP contribution in [0.15, 0.2) is 83.3 Å². The Morgan fingerprint density at radius 2 is 1.77 bits per heavy atom. The third-order valence-electron chi connectivity index (χ3n) is 5.34. The van der Waals surface area contributed by atoms with E-state index >= 15 is 0 Å². The highest BCUT2D eigenvalue weighted by atomic mass is 35.5. The number of nitrogens with zero attached hydrogens (tertiary/aromatic N) is 1. The van der Waals surface area contributed by atoms with Crippen molar-refractivity contribution in [3.63, 3.8) is 0 Å². The Morgan fingerprint density at radius 3 is 2.65 bits per heavy atom. The van der Waals surface area contributed by atoms with Gasteiger partial charge in [0, 0.05) is 27.2 Å². The number of nitrogens with one attached hydrogen (secondary N) is 1. The third-order valence-corrected chi connectivity index (χ3v) is 5.67. The zero-order valence-electron chi connectivity index (χ0n) is 16.9. The third kappa shape index (κ3) is 3.66. The van der Waals surface area contributed by atoms with Crippen molar-refractivity contribution in [3.8, 4) is 11.5 Å². The molecule has 4 nitrogen and oxygen atoms in total. The first-order chi connectivity index (χ1) is 15.1. The van der Waals surface area contributed by atoms with Crippen LogP contribution >= 0.6 is 11.6 Å². The van der Waals surface area contributed by atoms with Gasteiger partial charge in [0.2, 0.25) is 5.89 Å². The molecule has 5 heteroatoms. The number of carbonyl (C=O) groups excluding carboxylic acids is 1. The summed E-state index contributed by atoms with van der Waals surface area (Å²) in [5.41, 5.74) is 4.82.